The van der Waals surface area contributed by atoms with E-state index in [0.717, 1.165) is 6.42 Å². The Bertz CT molecular complexity index is 403. The van der Waals surface area contributed by atoms with Gasteiger partial charge in [-0.3, -0.25) is 4.79 Å². The van der Waals surface area contributed by atoms with E-state index in [0.29, 0.717) is 6.61 Å². The molecule has 0 aliphatic heterocycles. The van der Waals surface area contributed by atoms with E-state index in [9.17, 15) is 4.79 Å². The fourth-order valence-electron chi connectivity index (χ4n) is 2.30. The number of benzene rings is 1. The fraction of sp³-hybridized carbons (Fsp3) is 0.533. The van der Waals surface area contributed by atoms with Crippen LogP contribution < -0.4 is 5.73 Å². The van der Waals surface area contributed by atoms with Crippen molar-refractivity contribution in [2.24, 2.45) is 5.73 Å². The minimum Gasteiger partial charge on any atom is -0.466 e. The Morgan fingerprint density at radius 3 is 2.33 bits per heavy atom. The van der Waals surface area contributed by atoms with Gasteiger partial charge in [-0.25, -0.2) is 0 Å². The van der Waals surface area contributed by atoms with E-state index < -0.39 is 0 Å². The summed E-state index contributed by atoms with van der Waals surface area (Å²) in [6.07, 6.45) is 0.997. The van der Waals surface area contributed by atoms with E-state index in [1.807, 2.05) is 0 Å². The molecule has 0 heterocycles. The van der Waals surface area contributed by atoms with Gasteiger partial charge in [0, 0.05) is 6.04 Å². The van der Waals surface area contributed by atoms with Crippen LogP contribution in [0.4, 0.5) is 0 Å². The highest BCUT2D eigenvalue weighted by molar-refractivity contribution is 5.70. The van der Waals surface area contributed by atoms with Crippen LogP contribution in [0.3, 0.4) is 0 Å². The summed E-state index contributed by atoms with van der Waals surface area (Å²) in [6, 6.07) is 4.13. The minimum atomic E-state index is -0.215. The van der Waals surface area contributed by atoms with Gasteiger partial charge in [-0.15, -0.1) is 0 Å². The molecule has 3 nitrogen and oxygen atoms in total. The first-order valence-electron chi connectivity index (χ1n) is 6.42. The predicted molar refractivity (Wildman–Crippen MR) is 73.6 cm³/mol. The van der Waals surface area contributed by atoms with Gasteiger partial charge in [0.1, 0.15) is 0 Å². The molecular weight excluding hydrogens is 226 g/mol. The maximum absolute atomic E-state index is 11.4. The van der Waals surface area contributed by atoms with E-state index >= 15 is 0 Å². The first-order valence-corrected chi connectivity index (χ1v) is 6.42. The Hall–Kier alpha value is -1.35. The summed E-state index contributed by atoms with van der Waals surface area (Å²) >= 11 is 0. The molecule has 0 bridgehead atoms. The maximum Gasteiger partial charge on any atom is 0.307 e. The zero-order valence-electron chi connectivity index (χ0n) is 11.7. The molecule has 1 aromatic rings. The quantitative estimate of drug-likeness (QED) is 0.815. The average Bonchev–Trinajstić information content (AvgIpc) is 2.23. The molecular formula is C15H23NO2. The third kappa shape index (κ3) is 4.15. The molecule has 0 fully saturated rings. The highest BCUT2D eigenvalue weighted by atomic mass is 16.5. The Labute approximate surface area is 109 Å². The van der Waals surface area contributed by atoms with Crippen LogP contribution in [0.5, 0.6) is 0 Å². The molecule has 2 N–H and O–H groups in total. The standard InChI is InChI=1S/C15H23NO2/c1-5-18-15(17)9-13(16)8-14-11(3)6-10(2)7-12(14)4/h6-7,13H,5,8-9,16H2,1-4H3. The lowest BCUT2D eigenvalue weighted by molar-refractivity contribution is -0.143. The molecule has 0 aliphatic rings. The van der Waals surface area contributed by atoms with E-state index in [2.05, 4.69) is 32.9 Å². The van der Waals surface area contributed by atoms with Gasteiger partial charge in [-0.05, 0) is 50.8 Å². The van der Waals surface area contributed by atoms with Crippen LogP contribution in [0.2, 0.25) is 0 Å². The van der Waals surface area contributed by atoms with Crippen LogP contribution in [-0.2, 0) is 16.0 Å². The topological polar surface area (TPSA) is 52.3 Å². The minimum absolute atomic E-state index is 0.177. The summed E-state index contributed by atoms with van der Waals surface area (Å²) in [7, 11) is 0. The van der Waals surface area contributed by atoms with Crippen LogP contribution >= 0.6 is 0 Å². The van der Waals surface area contributed by atoms with E-state index in [-0.39, 0.29) is 18.4 Å². The molecule has 3 heteroatoms. The molecule has 0 radical (unpaired) electrons. The van der Waals surface area contributed by atoms with Gasteiger partial charge in [0.05, 0.1) is 13.0 Å². The number of hydrogen-bond acceptors (Lipinski definition) is 3. The second kappa shape index (κ2) is 6.55. The molecule has 1 unspecified atom stereocenters. The van der Waals surface area contributed by atoms with E-state index in [1.54, 1.807) is 6.92 Å². The van der Waals surface area contributed by atoms with Gasteiger partial charge in [-0.2, -0.15) is 0 Å². The van der Waals surface area contributed by atoms with Crippen molar-refractivity contribution in [2.45, 2.75) is 46.6 Å². The van der Waals surface area contributed by atoms with Crippen LogP contribution in [0.1, 0.15) is 35.6 Å². The number of ether oxygens (including phenoxy) is 1. The smallest absolute Gasteiger partial charge is 0.307 e. The summed E-state index contributed by atoms with van der Waals surface area (Å²) in [5.74, 6) is -0.215. The number of carbonyl (C=O) groups excluding carboxylic acids is 1. The van der Waals surface area contributed by atoms with Gasteiger partial charge in [0.25, 0.3) is 0 Å². The van der Waals surface area contributed by atoms with Crippen LogP contribution in [0, 0.1) is 20.8 Å². The predicted octanol–water partition coefficient (Wildman–Crippen LogP) is 2.43. The van der Waals surface area contributed by atoms with Crippen LogP contribution in [0.25, 0.3) is 0 Å². The summed E-state index contributed by atoms with van der Waals surface area (Å²) in [5.41, 5.74) is 11.0. The number of carbonyl (C=O) groups is 1. The Balaban J connectivity index is 2.70. The summed E-state index contributed by atoms with van der Waals surface area (Å²) in [5, 5.41) is 0. The first-order chi connectivity index (χ1) is 8.43. The molecule has 1 rings (SSSR count). The number of hydrogen-bond donors (Lipinski definition) is 1. The molecule has 0 saturated carbocycles. The molecule has 0 saturated heterocycles. The van der Waals surface area contributed by atoms with Gasteiger partial charge < -0.3 is 10.5 Å². The van der Waals surface area contributed by atoms with Crippen LogP contribution in [0.15, 0.2) is 12.1 Å². The normalized spacial score (nSPS) is 12.3. The Morgan fingerprint density at radius 2 is 1.83 bits per heavy atom. The van der Waals surface area contributed by atoms with Crippen molar-refractivity contribution in [3.8, 4) is 0 Å². The van der Waals surface area contributed by atoms with Gasteiger partial charge >= 0.3 is 5.97 Å². The number of esters is 1. The first kappa shape index (κ1) is 14.7. The molecule has 1 aromatic carbocycles. The van der Waals surface area contributed by atoms with Gasteiger partial charge in [0.2, 0.25) is 0 Å². The second-order valence-electron chi connectivity index (χ2n) is 4.85. The van der Waals surface area contributed by atoms with Gasteiger partial charge in [0.15, 0.2) is 0 Å². The molecule has 0 spiro atoms. The highest BCUT2D eigenvalue weighted by Crippen LogP contribution is 2.18. The van der Waals surface area contributed by atoms with Crippen LogP contribution in [-0.4, -0.2) is 18.6 Å². The lowest BCUT2D eigenvalue weighted by atomic mass is 9.94. The zero-order valence-corrected chi connectivity index (χ0v) is 11.7. The number of aryl methyl sites for hydroxylation is 3. The van der Waals surface area contributed by atoms with Crippen molar-refractivity contribution >= 4 is 5.97 Å². The molecule has 18 heavy (non-hydrogen) atoms. The molecule has 0 amide bonds. The average molecular weight is 249 g/mol. The third-order valence-corrected chi connectivity index (χ3v) is 3.04. The fourth-order valence-corrected chi connectivity index (χ4v) is 2.30. The van der Waals surface area contributed by atoms with E-state index in [1.165, 1.54) is 22.3 Å². The molecule has 100 valence electrons. The van der Waals surface area contributed by atoms with Crippen molar-refractivity contribution in [2.75, 3.05) is 6.61 Å². The third-order valence-electron chi connectivity index (χ3n) is 3.04. The van der Waals surface area contributed by atoms with Crippen molar-refractivity contribution < 1.29 is 9.53 Å². The molecule has 1 atom stereocenters. The maximum atomic E-state index is 11.4. The second-order valence-corrected chi connectivity index (χ2v) is 4.85. The summed E-state index contributed by atoms with van der Waals surface area (Å²) < 4.78 is 4.91. The lowest BCUT2D eigenvalue weighted by Gasteiger charge is -2.16. The summed E-state index contributed by atoms with van der Waals surface area (Å²) in [4.78, 5) is 11.4. The number of rotatable bonds is 5. The Kier molecular flexibility index (Phi) is 5.35. The Morgan fingerprint density at radius 1 is 1.28 bits per heavy atom. The largest absolute Gasteiger partial charge is 0.466 e. The highest BCUT2D eigenvalue weighted by Gasteiger charge is 2.13. The lowest BCUT2D eigenvalue weighted by Crippen LogP contribution is -2.28. The monoisotopic (exact) mass is 249 g/mol. The molecule has 0 aliphatic carbocycles. The zero-order chi connectivity index (χ0) is 13.7. The van der Waals surface area contributed by atoms with Crippen molar-refractivity contribution in [3.05, 3.63) is 34.4 Å². The molecule has 0 aromatic heterocycles. The van der Waals surface area contributed by atoms with Gasteiger partial charge in [-0.1, -0.05) is 17.7 Å². The summed E-state index contributed by atoms with van der Waals surface area (Å²) in [6.45, 7) is 8.48. The van der Waals surface area contributed by atoms with Crippen molar-refractivity contribution in [3.63, 3.8) is 0 Å². The van der Waals surface area contributed by atoms with Crippen molar-refractivity contribution in [1.82, 2.24) is 0 Å². The SMILES string of the molecule is CCOC(=O)CC(N)Cc1c(C)cc(C)cc1C. The van der Waals surface area contributed by atoms with Crippen molar-refractivity contribution in [1.29, 1.82) is 0 Å². The van der Waals surface area contributed by atoms with E-state index in [4.69, 9.17) is 10.5 Å². The number of nitrogens with two attached hydrogens (primary N) is 1.